The third-order valence-corrected chi connectivity index (χ3v) is 2.76. The molecule has 1 N–H and O–H groups in total. The van der Waals surface area contributed by atoms with Crippen molar-refractivity contribution in [1.29, 1.82) is 0 Å². The molecular formula is C15H34O. The molecule has 1 nitrogen and oxygen atoms in total. The Morgan fingerprint density at radius 2 is 0.875 bits per heavy atom. The summed E-state index contributed by atoms with van der Waals surface area (Å²) in [5.41, 5.74) is 0. The SMILES string of the molecule is CC.CCCCCCCCCCCCCO. The molecule has 0 heterocycles. The smallest absolute Gasteiger partial charge is 0.0431 e. The van der Waals surface area contributed by atoms with Crippen LogP contribution in [0.3, 0.4) is 0 Å². The van der Waals surface area contributed by atoms with E-state index in [1.54, 1.807) is 0 Å². The highest BCUT2D eigenvalue weighted by Crippen LogP contribution is 2.10. The molecule has 0 aliphatic carbocycles. The summed E-state index contributed by atoms with van der Waals surface area (Å²) in [4.78, 5) is 0. The molecule has 0 radical (unpaired) electrons. The molecule has 0 aliphatic rings. The van der Waals surface area contributed by atoms with Gasteiger partial charge in [0, 0.05) is 6.61 Å². The molecule has 0 saturated carbocycles. The second kappa shape index (κ2) is 20.4. The maximum Gasteiger partial charge on any atom is 0.0431 e. The molecule has 0 amide bonds. The first-order valence-electron chi connectivity index (χ1n) is 7.52. The molecule has 0 aromatic heterocycles. The van der Waals surface area contributed by atoms with Crippen molar-refractivity contribution >= 4 is 0 Å². The average Bonchev–Trinajstić information content (AvgIpc) is 2.34. The van der Waals surface area contributed by atoms with Crippen LogP contribution in [0.5, 0.6) is 0 Å². The van der Waals surface area contributed by atoms with Crippen LogP contribution in [0.2, 0.25) is 0 Å². The number of unbranched alkanes of at least 4 members (excludes halogenated alkanes) is 10. The van der Waals surface area contributed by atoms with Crippen molar-refractivity contribution in [3.63, 3.8) is 0 Å². The predicted octanol–water partition coefficient (Wildman–Crippen LogP) is 5.32. The predicted molar refractivity (Wildman–Crippen MR) is 74.9 cm³/mol. The van der Waals surface area contributed by atoms with Crippen molar-refractivity contribution < 1.29 is 5.11 Å². The molecule has 0 aromatic carbocycles. The quantitative estimate of drug-likeness (QED) is 0.476. The Bertz CT molecular complexity index is 79.4. The van der Waals surface area contributed by atoms with Gasteiger partial charge >= 0.3 is 0 Å². The van der Waals surface area contributed by atoms with Crippen LogP contribution >= 0.6 is 0 Å². The van der Waals surface area contributed by atoms with Gasteiger partial charge in [0.1, 0.15) is 0 Å². The molecule has 16 heavy (non-hydrogen) atoms. The van der Waals surface area contributed by atoms with E-state index in [4.69, 9.17) is 5.11 Å². The Morgan fingerprint density at radius 1 is 0.562 bits per heavy atom. The summed E-state index contributed by atoms with van der Waals surface area (Å²) in [5.74, 6) is 0. The maximum absolute atomic E-state index is 8.59. The Balaban J connectivity index is 0. The first kappa shape index (κ1) is 18.3. The molecule has 0 atom stereocenters. The molecule has 0 spiro atoms. The molecule has 0 fully saturated rings. The highest BCUT2D eigenvalue weighted by Gasteiger charge is 1.91. The number of hydrogen-bond acceptors (Lipinski definition) is 1. The lowest BCUT2D eigenvalue weighted by Gasteiger charge is -2.01. The van der Waals surface area contributed by atoms with Crippen LogP contribution in [0.1, 0.15) is 91.4 Å². The van der Waals surface area contributed by atoms with E-state index in [1.165, 1.54) is 64.2 Å². The minimum absolute atomic E-state index is 0.372. The van der Waals surface area contributed by atoms with Crippen molar-refractivity contribution in [1.82, 2.24) is 0 Å². The van der Waals surface area contributed by atoms with Crippen LogP contribution in [-0.2, 0) is 0 Å². The fourth-order valence-corrected chi connectivity index (χ4v) is 1.78. The van der Waals surface area contributed by atoms with E-state index in [2.05, 4.69) is 6.92 Å². The highest BCUT2D eigenvalue weighted by atomic mass is 16.2. The first-order chi connectivity index (χ1) is 7.91. The van der Waals surface area contributed by atoms with Crippen molar-refractivity contribution in [3.05, 3.63) is 0 Å². The lowest BCUT2D eigenvalue weighted by molar-refractivity contribution is 0.282. The number of rotatable bonds is 11. The maximum atomic E-state index is 8.59. The molecule has 100 valence electrons. The zero-order valence-electron chi connectivity index (χ0n) is 11.9. The first-order valence-corrected chi connectivity index (χ1v) is 7.52. The Morgan fingerprint density at radius 3 is 1.19 bits per heavy atom. The monoisotopic (exact) mass is 230 g/mol. The van der Waals surface area contributed by atoms with E-state index in [0.717, 1.165) is 6.42 Å². The topological polar surface area (TPSA) is 20.2 Å². The molecule has 0 saturated heterocycles. The second-order valence-corrected chi connectivity index (χ2v) is 4.26. The number of aliphatic hydroxyl groups excluding tert-OH is 1. The van der Waals surface area contributed by atoms with Crippen LogP contribution in [0.25, 0.3) is 0 Å². The van der Waals surface area contributed by atoms with Gasteiger partial charge in [-0.1, -0.05) is 85.0 Å². The standard InChI is InChI=1S/C13H28O.C2H6/c1-2-3-4-5-6-7-8-9-10-11-12-13-14;1-2/h14H,2-13H2,1H3;1-2H3. The summed E-state index contributed by atoms with van der Waals surface area (Å²) in [6.45, 7) is 6.64. The zero-order chi connectivity index (χ0) is 12.5. The molecule has 1 heteroatoms. The normalized spacial score (nSPS) is 9.75. The second-order valence-electron chi connectivity index (χ2n) is 4.26. The van der Waals surface area contributed by atoms with Gasteiger partial charge in [-0.3, -0.25) is 0 Å². The van der Waals surface area contributed by atoms with Crippen LogP contribution < -0.4 is 0 Å². The summed E-state index contributed by atoms with van der Waals surface area (Å²) in [6.07, 6.45) is 14.8. The number of aliphatic hydroxyl groups is 1. The van der Waals surface area contributed by atoms with E-state index in [1.807, 2.05) is 13.8 Å². The van der Waals surface area contributed by atoms with Crippen LogP contribution in [0, 0.1) is 0 Å². The average molecular weight is 230 g/mol. The van der Waals surface area contributed by atoms with Crippen molar-refractivity contribution in [2.45, 2.75) is 91.4 Å². The molecule has 0 unspecified atom stereocenters. The fraction of sp³-hybridized carbons (Fsp3) is 1.00. The summed E-state index contributed by atoms with van der Waals surface area (Å²) in [5, 5.41) is 8.59. The summed E-state index contributed by atoms with van der Waals surface area (Å²) in [7, 11) is 0. The lowest BCUT2D eigenvalue weighted by atomic mass is 10.1. The summed E-state index contributed by atoms with van der Waals surface area (Å²) in [6, 6.07) is 0. The minimum atomic E-state index is 0.372. The highest BCUT2D eigenvalue weighted by molar-refractivity contribution is 4.47. The minimum Gasteiger partial charge on any atom is -0.396 e. The van der Waals surface area contributed by atoms with Gasteiger partial charge in [0.2, 0.25) is 0 Å². The summed E-state index contributed by atoms with van der Waals surface area (Å²) >= 11 is 0. The number of hydrogen-bond donors (Lipinski definition) is 1. The third kappa shape index (κ3) is 19.5. The van der Waals surface area contributed by atoms with Crippen LogP contribution in [0.15, 0.2) is 0 Å². The molecule has 0 bridgehead atoms. The van der Waals surface area contributed by atoms with Crippen LogP contribution in [-0.4, -0.2) is 11.7 Å². The fourth-order valence-electron chi connectivity index (χ4n) is 1.78. The van der Waals surface area contributed by atoms with Gasteiger partial charge < -0.3 is 5.11 Å². The van der Waals surface area contributed by atoms with Gasteiger partial charge in [0.05, 0.1) is 0 Å². The van der Waals surface area contributed by atoms with Crippen molar-refractivity contribution in [2.75, 3.05) is 6.61 Å². The van der Waals surface area contributed by atoms with Crippen molar-refractivity contribution in [3.8, 4) is 0 Å². The van der Waals surface area contributed by atoms with Gasteiger partial charge in [0.25, 0.3) is 0 Å². The largest absolute Gasteiger partial charge is 0.396 e. The van der Waals surface area contributed by atoms with Gasteiger partial charge in [-0.05, 0) is 6.42 Å². The van der Waals surface area contributed by atoms with Gasteiger partial charge in [0.15, 0.2) is 0 Å². The van der Waals surface area contributed by atoms with Gasteiger partial charge in [-0.2, -0.15) is 0 Å². The van der Waals surface area contributed by atoms with E-state index in [9.17, 15) is 0 Å². The van der Waals surface area contributed by atoms with E-state index in [-0.39, 0.29) is 0 Å². The van der Waals surface area contributed by atoms with E-state index in [0.29, 0.717) is 6.61 Å². The molecule has 0 aliphatic heterocycles. The van der Waals surface area contributed by atoms with Gasteiger partial charge in [-0.15, -0.1) is 0 Å². The van der Waals surface area contributed by atoms with E-state index < -0.39 is 0 Å². The Hall–Kier alpha value is -0.0400. The van der Waals surface area contributed by atoms with Crippen LogP contribution in [0.4, 0.5) is 0 Å². The molecule has 0 rings (SSSR count). The summed E-state index contributed by atoms with van der Waals surface area (Å²) < 4.78 is 0. The van der Waals surface area contributed by atoms with Crippen molar-refractivity contribution in [2.24, 2.45) is 0 Å². The Labute approximate surface area is 104 Å². The van der Waals surface area contributed by atoms with Gasteiger partial charge in [-0.25, -0.2) is 0 Å². The third-order valence-electron chi connectivity index (χ3n) is 2.76. The molecule has 0 aromatic rings. The van der Waals surface area contributed by atoms with E-state index >= 15 is 0 Å². The Kier molecular flexibility index (Phi) is 23.3. The lowest BCUT2D eigenvalue weighted by Crippen LogP contribution is -1.84. The zero-order valence-corrected chi connectivity index (χ0v) is 11.9. The molecular weight excluding hydrogens is 196 g/mol.